The molecule has 0 spiro atoms. The Balaban J connectivity index is 4.15. The van der Waals surface area contributed by atoms with Crippen LogP contribution in [0.4, 0.5) is 0 Å². The van der Waals surface area contributed by atoms with Gasteiger partial charge in [0.25, 0.3) is 0 Å². The zero-order valence-corrected chi connectivity index (χ0v) is 8.53. The monoisotopic (exact) mass is 204 g/mol. The Labute approximate surface area is 82.6 Å². The van der Waals surface area contributed by atoms with Crippen LogP contribution in [0.1, 0.15) is 6.92 Å². The van der Waals surface area contributed by atoms with Gasteiger partial charge >= 0.3 is 5.97 Å². The second kappa shape index (κ2) is 6.33. The summed E-state index contributed by atoms with van der Waals surface area (Å²) in [5.41, 5.74) is 0. The molecule has 3 N–H and O–H groups in total. The number of ether oxygens (including phenoxy) is 1. The molecule has 1 amide bonds. The highest BCUT2D eigenvalue weighted by atomic mass is 16.5. The molecule has 0 rings (SSSR count). The average Bonchev–Trinajstić information content (AvgIpc) is 2.15. The van der Waals surface area contributed by atoms with E-state index in [1.54, 1.807) is 6.92 Å². The van der Waals surface area contributed by atoms with Crippen molar-refractivity contribution in [3.63, 3.8) is 0 Å². The molecule has 6 nitrogen and oxygen atoms in total. The third-order valence-corrected chi connectivity index (χ3v) is 1.72. The molecule has 2 atom stereocenters. The zero-order valence-electron chi connectivity index (χ0n) is 8.53. The molecule has 0 aliphatic carbocycles. The molecule has 0 fully saturated rings. The van der Waals surface area contributed by atoms with Gasteiger partial charge in [-0.2, -0.15) is 0 Å². The normalized spacial score (nSPS) is 14.5. The minimum absolute atomic E-state index is 0.0245. The van der Waals surface area contributed by atoms with Crippen LogP contribution in [0.3, 0.4) is 0 Å². The number of carbonyl (C=O) groups excluding carboxylic acids is 1. The first-order valence-electron chi connectivity index (χ1n) is 4.22. The lowest BCUT2D eigenvalue weighted by Crippen LogP contribution is -2.50. The molecule has 0 aliphatic heterocycles. The van der Waals surface area contributed by atoms with Crippen molar-refractivity contribution in [1.29, 1.82) is 0 Å². The average molecular weight is 204 g/mol. The first-order valence-corrected chi connectivity index (χ1v) is 4.22. The zero-order chi connectivity index (χ0) is 11.1. The minimum Gasteiger partial charge on any atom is -0.480 e. The van der Waals surface area contributed by atoms with Gasteiger partial charge in [0.2, 0.25) is 5.91 Å². The predicted octanol–water partition coefficient (Wildman–Crippen LogP) is -1.19. The Bertz CT molecular complexity index is 208. The Morgan fingerprint density at radius 2 is 2.07 bits per heavy atom. The fourth-order valence-corrected chi connectivity index (χ4v) is 0.951. The lowest BCUT2D eigenvalue weighted by atomic mass is 10.2. The van der Waals surface area contributed by atoms with Gasteiger partial charge in [-0.05, 0) is 6.92 Å². The van der Waals surface area contributed by atoms with E-state index >= 15 is 0 Å². The van der Waals surface area contributed by atoms with E-state index in [-0.39, 0.29) is 12.5 Å². The number of carboxylic acid groups (broad SMARTS) is 1. The summed E-state index contributed by atoms with van der Waals surface area (Å²) in [5, 5.41) is 13.8. The number of aliphatic carboxylic acids is 1. The van der Waals surface area contributed by atoms with E-state index in [2.05, 4.69) is 10.6 Å². The van der Waals surface area contributed by atoms with Crippen molar-refractivity contribution in [3.8, 4) is 0 Å². The second-order valence-corrected chi connectivity index (χ2v) is 2.85. The summed E-state index contributed by atoms with van der Waals surface area (Å²) in [5.74, 6) is -1.30. The van der Waals surface area contributed by atoms with Crippen LogP contribution < -0.4 is 10.6 Å². The molecule has 2 unspecified atom stereocenters. The van der Waals surface area contributed by atoms with Crippen LogP contribution in [0.25, 0.3) is 0 Å². The van der Waals surface area contributed by atoms with Gasteiger partial charge in [0.1, 0.15) is 6.04 Å². The standard InChI is InChI=1S/C8H16N2O4/c1-5(7(11)9-2)10-6(4-14-3)8(12)13/h5-6,10H,4H2,1-3H3,(H,9,11)(H,12,13). The van der Waals surface area contributed by atoms with Crippen molar-refractivity contribution in [1.82, 2.24) is 10.6 Å². The van der Waals surface area contributed by atoms with Crippen LogP contribution >= 0.6 is 0 Å². The third kappa shape index (κ3) is 4.20. The minimum atomic E-state index is -1.04. The van der Waals surface area contributed by atoms with Gasteiger partial charge in [0.05, 0.1) is 12.6 Å². The Hall–Kier alpha value is -1.14. The maximum absolute atomic E-state index is 11.1. The summed E-state index contributed by atoms with van der Waals surface area (Å²) >= 11 is 0. The maximum atomic E-state index is 11.1. The number of hydrogen-bond donors (Lipinski definition) is 3. The first kappa shape index (κ1) is 12.9. The molecule has 0 bridgehead atoms. The largest absolute Gasteiger partial charge is 0.480 e. The van der Waals surface area contributed by atoms with E-state index < -0.39 is 18.1 Å². The Kier molecular flexibility index (Phi) is 5.82. The van der Waals surface area contributed by atoms with E-state index in [0.29, 0.717) is 0 Å². The molecule has 0 radical (unpaired) electrons. The number of likely N-dealkylation sites (N-methyl/N-ethyl adjacent to an activating group) is 1. The topological polar surface area (TPSA) is 87.7 Å². The summed E-state index contributed by atoms with van der Waals surface area (Å²) in [6.45, 7) is 1.61. The van der Waals surface area contributed by atoms with Crippen LogP contribution in [0.15, 0.2) is 0 Å². The van der Waals surface area contributed by atoms with Crippen LogP contribution in [0, 0.1) is 0 Å². The van der Waals surface area contributed by atoms with E-state index in [4.69, 9.17) is 9.84 Å². The molecule has 0 aliphatic rings. The van der Waals surface area contributed by atoms with Gasteiger partial charge in [-0.25, -0.2) is 0 Å². The molecule has 0 aromatic heterocycles. The SMILES string of the molecule is CNC(=O)C(C)NC(COC)C(=O)O. The number of carboxylic acids is 1. The molecular formula is C8H16N2O4. The van der Waals surface area contributed by atoms with Crippen molar-refractivity contribution in [2.45, 2.75) is 19.0 Å². The van der Waals surface area contributed by atoms with Crippen molar-refractivity contribution < 1.29 is 19.4 Å². The van der Waals surface area contributed by atoms with Crippen LogP contribution in [0.2, 0.25) is 0 Å². The summed E-state index contributed by atoms with van der Waals surface area (Å²) in [6.07, 6.45) is 0. The second-order valence-electron chi connectivity index (χ2n) is 2.85. The molecule has 0 aromatic carbocycles. The molecule has 14 heavy (non-hydrogen) atoms. The van der Waals surface area contributed by atoms with E-state index in [9.17, 15) is 9.59 Å². The molecule has 82 valence electrons. The quantitative estimate of drug-likeness (QED) is 0.506. The van der Waals surface area contributed by atoms with Crippen molar-refractivity contribution in [2.75, 3.05) is 20.8 Å². The highest BCUT2D eigenvalue weighted by molar-refractivity contribution is 5.82. The molecule has 0 saturated heterocycles. The van der Waals surface area contributed by atoms with Crippen LogP contribution in [-0.2, 0) is 14.3 Å². The van der Waals surface area contributed by atoms with Crippen molar-refractivity contribution in [2.24, 2.45) is 0 Å². The first-order chi connectivity index (χ1) is 6.52. The molecule has 6 heteroatoms. The van der Waals surface area contributed by atoms with E-state index in [1.165, 1.54) is 14.2 Å². The third-order valence-electron chi connectivity index (χ3n) is 1.72. The summed E-state index contributed by atoms with van der Waals surface area (Å²) in [4.78, 5) is 21.7. The maximum Gasteiger partial charge on any atom is 0.323 e. The predicted molar refractivity (Wildman–Crippen MR) is 50.0 cm³/mol. The number of methoxy groups -OCH3 is 1. The van der Waals surface area contributed by atoms with Gasteiger partial charge in [0.15, 0.2) is 0 Å². The Morgan fingerprint density at radius 1 is 1.50 bits per heavy atom. The fourth-order valence-electron chi connectivity index (χ4n) is 0.951. The number of carbonyl (C=O) groups is 2. The summed E-state index contributed by atoms with van der Waals surface area (Å²) < 4.78 is 4.70. The van der Waals surface area contributed by atoms with Gasteiger partial charge in [-0.1, -0.05) is 0 Å². The highest BCUT2D eigenvalue weighted by Crippen LogP contribution is 1.90. The van der Waals surface area contributed by atoms with Gasteiger partial charge in [-0.3, -0.25) is 14.9 Å². The molecular weight excluding hydrogens is 188 g/mol. The summed E-state index contributed by atoms with van der Waals surface area (Å²) in [6, 6.07) is -1.43. The fraction of sp³-hybridized carbons (Fsp3) is 0.750. The van der Waals surface area contributed by atoms with Gasteiger partial charge < -0.3 is 15.2 Å². The molecule has 0 saturated carbocycles. The van der Waals surface area contributed by atoms with E-state index in [1.807, 2.05) is 0 Å². The molecule has 0 aromatic rings. The highest BCUT2D eigenvalue weighted by Gasteiger charge is 2.22. The van der Waals surface area contributed by atoms with Crippen LogP contribution in [-0.4, -0.2) is 49.8 Å². The molecule has 0 heterocycles. The lowest BCUT2D eigenvalue weighted by Gasteiger charge is -2.18. The number of nitrogens with one attached hydrogen (secondary N) is 2. The Morgan fingerprint density at radius 3 is 2.43 bits per heavy atom. The number of amides is 1. The van der Waals surface area contributed by atoms with Gasteiger partial charge in [0, 0.05) is 14.2 Å². The lowest BCUT2D eigenvalue weighted by molar-refractivity contribution is -0.141. The number of hydrogen-bond acceptors (Lipinski definition) is 4. The summed E-state index contributed by atoms with van der Waals surface area (Å²) in [7, 11) is 2.90. The van der Waals surface area contributed by atoms with Gasteiger partial charge in [-0.15, -0.1) is 0 Å². The van der Waals surface area contributed by atoms with Crippen molar-refractivity contribution >= 4 is 11.9 Å². The van der Waals surface area contributed by atoms with Crippen molar-refractivity contribution in [3.05, 3.63) is 0 Å². The number of rotatable bonds is 6. The van der Waals surface area contributed by atoms with E-state index in [0.717, 1.165) is 0 Å². The van der Waals surface area contributed by atoms with Crippen LogP contribution in [0.5, 0.6) is 0 Å². The smallest absolute Gasteiger partial charge is 0.323 e.